The van der Waals surface area contributed by atoms with Crippen LogP contribution in [0.2, 0.25) is 5.02 Å². The second kappa shape index (κ2) is 7.84. The van der Waals surface area contributed by atoms with Crippen LogP contribution in [0.5, 0.6) is 5.75 Å². The zero-order valence-electron chi connectivity index (χ0n) is 15.9. The molecule has 0 aromatic heterocycles. The number of piperidine rings is 1. The number of carbonyl (C=O) groups is 2. The van der Waals surface area contributed by atoms with Gasteiger partial charge in [0.05, 0.1) is 12.7 Å². The van der Waals surface area contributed by atoms with Crippen molar-refractivity contribution in [3.63, 3.8) is 0 Å². The van der Waals surface area contributed by atoms with Crippen LogP contribution in [0.25, 0.3) is 0 Å². The van der Waals surface area contributed by atoms with Crippen molar-refractivity contribution in [2.75, 3.05) is 25.1 Å². The highest BCUT2D eigenvalue weighted by Crippen LogP contribution is 2.33. The van der Waals surface area contributed by atoms with Gasteiger partial charge in [0.25, 0.3) is 5.91 Å². The summed E-state index contributed by atoms with van der Waals surface area (Å²) in [6.07, 6.45) is 2.89. The predicted octanol–water partition coefficient (Wildman–Crippen LogP) is 3.93. The van der Waals surface area contributed by atoms with E-state index in [0.717, 1.165) is 24.9 Å². The monoisotopic (exact) mass is 398 g/mol. The maximum Gasteiger partial charge on any atom is 0.257 e. The molecule has 0 N–H and O–H groups in total. The molecule has 2 heterocycles. The molecule has 2 aliphatic heterocycles. The van der Waals surface area contributed by atoms with Crippen molar-refractivity contribution < 1.29 is 14.3 Å². The molecule has 0 bridgehead atoms. The lowest BCUT2D eigenvalue weighted by atomic mass is 9.95. The van der Waals surface area contributed by atoms with Gasteiger partial charge >= 0.3 is 0 Å². The number of likely N-dealkylation sites (tertiary alicyclic amines) is 1. The number of ether oxygens (including phenoxy) is 1. The number of hydrogen-bond donors (Lipinski definition) is 0. The minimum atomic E-state index is -0.0580. The van der Waals surface area contributed by atoms with Crippen LogP contribution in [0.4, 0.5) is 5.69 Å². The fourth-order valence-corrected chi connectivity index (χ4v) is 4.36. The molecule has 0 unspecified atom stereocenters. The highest BCUT2D eigenvalue weighted by atomic mass is 35.5. The second-order valence-corrected chi connectivity index (χ2v) is 7.70. The molecule has 0 radical (unpaired) electrons. The van der Waals surface area contributed by atoms with Gasteiger partial charge in [-0.15, -0.1) is 0 Å². The van der Waals surface area contributed by atoms with E-state index in [-0.39, 0.29) is 17.9 Å². The summed E-state index contributed by atoms with van der Waals surface area (Å²) in [5.74, 6) is 0.611. The normalized spacial score (nSPS) is 17.4. The molecule has 6 heteroatoms. The topological polar surface area (TPSA) is 49.9 Å². The molecular weight excluding hydrogens is 376 g/mol. The summed E-state index contributed by atoms with van der Waals surface area (Å²) in [6, 6.07) is 13.3. The zero-order valence-corrected chi connectivity index (χ0v) is 16.6. The van der Waals surface area contributed by atoms with E-state index in [2.05, 4.69) is 6.07 Å². The van der Waals surface area contributed by atoms with Crippen molar-refractivity contribution in [1.82, 2.24) is 4.90 Å². The number of nitrogens with zero attached hydrogens (tertiary/aromatic N) is 2. The maximum absolute atomic E-state index is 13.0. The van der Waals surface area contributed by atoms with E-state index in [1.165, 1.54) is 12.7 Å². The molecule has 0 spiro atoms. The Hall–Kier alpha value is -2.53. The number of amides is 2. The lowest BCUT2D eigenvalue weighted by Crippen LogP contribution is -2.50. The van der Waals surface area contributed by atoms with E-state index in [0.29, 0.717) is 35.8 Å². The van der Waals surface area contributed by atoms with Crippen LogP contribution in [-0.2, 0) is 11.2 Å². The van der Waals surface area contributed by atoms with Crippen LogP contribution in [0.1, 0.15) is 35.2 Å². The Balaban J connectivity index is 1.48. The highest BCUT2D eigenvalue weighted by molar-refractivity contribution is 6.30. The Labute approximate surface area is 169 Å². The molecule has 5 nitrogen and oxygen atoms in total. The third-order valence-corrected chi connectivity index (χ3v) is 5.87. The summed E-state index contributed by atoms with van der Waals surface area (Å²) in [5.41, 5.74) is 2.78. The highest BCUT2D eigenvalue weighted by Gasteiger charge is 2.34. The van der Waals surface area contributed by atoms with Crippen molar-refractivity contribution in [3.05, 3.63) is 58.6 Å². The molecule has 2 aromatic carbocycles. The number of aryl methyl sites for hydroxylation is 1. The molecule has 4 rings (SSSR count). The minimum absolute atomic E-state index is 0.0580. The Kier molecular flexibility index (Phi) is 5.27. The number of halogens is 1. The molecule has 2 aliphatic rings. The average Bonchev–Trinajstić information content (AvgIpc) is 2.73. The van der Waals surface area contributed by atoms with Crippen LogP contribution < -0.4 is 9.64 Å². The molecule has 0 saturated carbocycles. The van der Waals surface area contributed by atoms with Crippen molar-refractivity contribution in [2.24, 2.45) is 0 Å². The number of benzene rings is 2. The van der Waals surface area contributed by atoms with Crippen molar-refractivity contribution in [1.29, 1.82) is 0 Å². The maximum atomic E-state index is 13.0. The molecule has 2 aromatic rings. The number of para-hydroxylation sites is 1. The van der Waals surface area contributed by atoms with Crippen LogP contribution in [0.3, 0.4) is 0 Å². The smallest absolute Gasteiger partial charge is 0.257 e. The summed E-state index contributed by atoms with van der Waals surface area (Å²) >= 11 is 6.00. The largest absolute Gasteiger partial charge is 0.496 e. The Morgan fingerprint density at radius 2 is 1.86 bits per heavy atom. The second-order valence-electron chi connectivity index (χ2n) is 7.26. The molecule has 1 fully saturated rings. The van der Waals surface area contributed by atoms with Gasteiger partial charge in [0.15, 0.2) is 0 Å². The Morgan fingerprint density at radius 1 is 1.11 bits per heavy atom. The van der Waals surface area contributed by atoms with Crippen LogP contribution in [0.15, 0.2) is 42.5 Å². The van der Waals surface area contributed by atoms with E-state index >= 15 is 0 Å². The number of fused-ring (bicyclic) bond motifs is 1. The molecule has 0 aliphatic carbocycles. The van der Waals surface area contributed by atoms with Gasteiger partial charge in [-0.05, 0) is 49.1 Å². The number of methoxy groups -OCH3 is 1. The number of carbonyl (C=O) groups excluding carboxylic acids is 2. The third-order valence-electron chi connectivity index (χ3n) is 5.64. The van der Waals surface area contributed by atoms with E-state index in [9.17, 15) is 9.59 Å². The van der Waals surface area contributed by atoms with Crippen LogP contribution >= 0.6 is 11.6 Å². The summed E-state index contributed by atoms with van der Waals surface area (Å²) in [6.45, 7) is 1.22. The fraction of sp³-hybridized carbons (Fsp3) is 0.364. The summed E-state index contributed by atoms with van der Waals surface area (Å²) in [4.78, 5) is 29.4. The SMILES string of the molecule is COc1cc(Cl)ccc1C(=O)N1CCC(N2C(=O)CCc3ccccc32)CC1. The molecule has 1 saturated heterocycles. The van der Waals surface area contributed by atoms with E-state index in [4.69, 9.17) is 16.3 Å². The summed E-state index contributed by atoms with van der Waals surface area (Å²) < 4.78 is 5.32. The van der Waals surface area contributed by atoms with Gasteiger partial charge in [-0.25, -0.2) is 0 Å². The first-order chi connectivity index (χ1) is 13.6. The first-order valence-corrected chi connectivity index (χ1v) is 9.99. The van der Waals surface area contributed by atoms with E-state index < -0.39 is 0 Å². The standard InChI is InChI=1S/C22H23ClN2O3/c1-28-20-14-16(23)7-8-18(20)22(27)24-12-10-17(11-13-24)25-19-5-3-2-4-15(19)6-9-21(25)26/h2-5,7-8,14,17H,6,9-13H2,1H3. The van der Waals surface area contributed by atoms with Crippen molar-refractivity contribution >= 4 is 29.1 Å². The molecular formula is C22H23ClN2O3. The van der Waals surface area contributed by atoms with Gasteiger partial charge in [0.1, 0.15) is 5.75 Å². The van der Waals surface area contributed by atoms with Gasteiger partial charge in [-0.3, -0.25) is 9.59 Å². The Bertz CT molecular complexity index is 906. The first-order valence-electron chi connectivity index (χ1n) is 9.61. The molecule has 28 heavy (non-hydrogen) atoms. The number of anilines is 1. The van der Waals surface area contributed by atoms with Crippen LogP contribution in [-0.4, -0.2) is 43.0 Å². The number of hydrogen-bond acceptors (Lipinski definition) is 3. The molecule has 146 valence electrons. The molecule has 0 atom stereocenters. The van der Waals surface area contributed by atoms with Gasteiger partial charge < -0.3 is 14.5 Å². The fourth-order valence-electron chi connectivity index (χ4n) is 4.19. The van der Waals surface area contributed by atoms with Gasteiger partial charge in [-0.1, -0.05) is 29.8 Å². The predicted molar refractivity (Wildman–Crippen MR) is 109 cm³/mol. The zero-order chi connectivity index (χ0) is 19.7. The summed E-state index contributed by atoms with van der Waals surface area (Å²) in [5, 5.41) is 0.536. The van der Waals surface area contributed by atoms with Crippen molar-refractivity contribution in [2.45, 2.75) is 31.7 Å². The van der Waals surface area contributed by atoms with Crippen LogP contribution in [0, 0.1) is 0 Å². The van der Waals surface area contributed by atoms with Crippen molar-refractivity contribution in [3.8, 4) is 5.75 Å². The minimum Gasteiger partial charge on any atom is -0.496 e. The van der Waals surface area contributed by atoms with E-state index in [1.54, 1.807) is 18.2 Å². The third kappa shape index (κ3) is 3.47. The van der Waals surface area contributed by atoms with E-state index in [1.807, 2.05) is 28.0 Å². The number of rotatable bonds is 3. The van der Waals surface area contributed by atoms with Gasteiger partial charge in [0, 0.05) is 36.3 Å². The quantitative estimate of drug-likeness (QED) is 0.787. The van der Waals surface area contributed by atoms with Gasteiger partial charge in [0.2, 0.25) is 5.91 Å². The summed E-state index contributed by atoms with van der Waals surface area (Å²) in [7, 11) is 1.54. The molecule has 2 amide bonds. The lowest BCUT2D eigenvalue weighted by molar-refractivity contribution is -0.119. The first kappa shape index (κ1) is 18.8. The Morgan fingerprint density at radius 3 is 2.61 bits per heavy atom. The lowest BCUT2D eigenvalue weighted by Gasteiger charge is -2.41. The average molecular weight is 399 g/mol. The van der Waals surface area contributed by atoms with Gasteiger partial charge in [-0.2, -0.15) is 0 Å².